The molecule has 2 amide bonds. The highest BCUT2D eigenvalue weighted by Crippen LogP contribution is 2.36. The third-order valence-electron chi connectivity index (χ3n) is 5.77. The molecule has 0 unspecified atom stereocenters. The van der Waals surface area contributed by atoms with Crippen molar-refractivity contribution in [3.63, 3.8) is 0 Å². The van der Waals surface area contributed by atoms with Crippen LogP contribution in [0, 0.1) is 0 Å². The van der Waals surface area contributed by atoms with E-state index in [-0.39, 0.29) is 18.4 Å². The molecule has 186 valence electrons. The Morgan fingerprint density at radius 2 is 1.74 bits per heavy atom. The van der Waals surface area contributed by atoms with Crippen LogP contribution in [0.25, 0.3) is 5.57 Å². The van der Waals surface area contributed by atoms with E-state index in [4.69, 9.17) is 4.74 Å². The normalized spacial score (nSPS) is 13.8. The second-order valence-electron chi connectivity index (χ2n) is 8.64. The predicted molar refractivity (Wildman–Crippen MR) is 140 cm³/mol. The number of carbonyl (C=O) groups is 3. The maximum Gasteiger partial charge on any atom is 0.338 e. The molecule has 8 heteroatoms. The van der Waals surface area contributed by atoms with Crippen molar-refractivity contribution in [1.82, 2.24) is 4.90 Å². The highest BCUT2D eigenvalue weighted by Gasteiger charge is 2.28. The molecule has 1 aliphatic rings. The first-order valence-corrected chi connectivity index (χ1v) is 11.9. The minimum absolute atomic E-state index is 0.00209. The number of amides is 2. The summed E-state index contributed by atoms with van der Waals surface area (Å²) in [6.45, 7) is 7.14. The van der Waals surface area contributed by atoms with Gasteiger partial charge in [-0.25, -0.2) is 4.79 Å². The first kappa shape index (κ1) is 26.0. The minimum atomic E-state index is -0.419. The monoisotopic (exact) mass is 478 g/mol. The van der Waals surface area contributed by atoms with Crippen molar-refractivity contribution in [2.24, 2.45) is 0 Å². The van der Waals surface area contributed by atoms with Crippen LogP contribution in [0.1, 0.15) is 49.5 Å². The van der Waals surface area contributed by atoms with Gasteiger partial charge in [0.25, 0.3) is 5.91 Å². The Morgan fingerprint density at radius 1 is 1.03 bits per heavy atom. The number of carbonyl (C=O) groups excluding carboxylic acids is 3. The Hall–Kier alpha value is -3.65. The van der Waals surface area contributed by atoms with Gasteiger partial charge in [-0.15, -0.1) is 0 Å². The van der Waals surface area contributed by atoms with E-state index >= 15 is 0 Å². The third kappa shape index (κ3) is 6.27. The van der Waals surface area contributed by atoms with Gasteiger partial charge in [-0.1, -0.05) is 13.0 Å². The molecule has 0 saturated heterocycles. The van der Waals surface area contributed by atoms with E-state index in [2.05, 4.69) is 15.5 Å². The summed E-state index contributed by atoms with van der Waals surface area (Å²) >= 11 is 0. The summed E-state index contributed by atoms with van der Waals surface area (Å²) in [4.78, 5) is 40.9. The van der Waals surface area contributed by atoms with Crippen LogP contribution in [-0.4, -0.2) is 56.5 Å². The Balaban J connectivity index is 1.82. The third-order valence-corrected chi connectivity index (χ3v) is 5.77. The number of fused-ring (bicyclic) bond motifs is 1. The molecular weight excluding hydrogens is 444 g/mol. The van der Waals surface area contributed by atoms with Crippen LogP contribution in [-0.2, 0) is 14.3 Å². The number of hydrogen-bond donors (Lipinski definition) is 2. The highest BCUT2D eigenvalue weighted by atomic mass is 16.5. The maximum absolute atomic E-state index is 12.8. The molecule has 0 atom stereocenters. The number of hydrogen-bond acceptors (Lipinski definition) is 6. The van der Waals surface area contributed by atoms with Gasteiger partial charge in [0, 0.05) is 36.1 Å². The molecule has 2 aromatic rings. The summed E-state index contributed by atoms with van der Waals surface area (Å²) in [6.07, 6.45) is 1.48. The van der Waals surface area contributed by atoms with Gasteiger partial charge in [0.15, 0.2) is 0 Å². The standard InChI is InChI=1S/C27H34N4O4/c1-6-23(25-22-14-9-19(27(34)35-7-2)17-24(22)29-26(25)33)28-20-10-12-21(13-11-20)31(18(3)32)16-8-15-30(4)5/h9-14,17,28H,6-8,15-16H2,1-5H3,(H,29,33). The van der Waals surface area contributed by atoms with Crippen molar-refractivity contribution in [3.8, 4) is 0 Å². The molecular formula is C27H34N4O4. The Bertz CT molecular complexity index is 1120. The predicted octanol–water partition coefficient (Wildman–Crippen LogP) is 4.35. The van der Waals surface area contributed by atoms with Gasteiger partial charge in [-0.05, 0) is 76.8 Å². The fraction of sp³-hybridized carbons (Fsp3) is 0.370. The summed E-state index contributed by atoms with van der Waals surface area (Å²) in [7, 11) is 4.03. The molecule has 0 bridgehead atoms. The molecule has 8 nitrogen and oxygen atoms in total. The second kappa shape index (κ2) is 11.7. The smallest absolute Gasteiger partial charge is 0.338 e. The number of rotatable bonds is 10. The van der Waals surface area contributed by atoms with Crippen molar-refractivity contribution in [2.45, 2.75) is 33.6 Å². The fourth-order valence-electron chi connectivity index (χ4n) is 4.05. The first-order valence-electron chi connectivity index (χ1n) is 11.9. The lowest BCUT2D eigenvalue weighted by Crippen LogP contribution is -2.31. The van der Waals surface area contributed by atoms with Crippen LogP contribution in [0.5, 0.6) is 0 Å². The van der Waals surface area contributed by atoms with Crippen LogP contribution in [0.4, 0.5) is 17.1 Å². The summed E-state index contributed by atoms with van der Waals surface area (Å²) in [6, 6.07) is 12.7. The lowest BCUT2D eigenvalue weighted by molar-refractivity contribution is -0.116. The van der Waals surface area contributed by atoms with E-state index in [9.17, 15) is 14.4 Å². The zero-order chi connectivity index (χ0) is 25.5. The lowest BCUT2D eigenvalue weighted by atomic mass is 10.0. The first-order chi connectivity index (χ1) is 16.7. The molecule has 2 N–H and O–H groups in total. The van der Waals surface area contributed by atoms with Crippen molar-refractivity contribution in [3.05, 3.63) is 59.3 Å². The summed E-state index contributed by atoms with van der Waals surface area (Å²) in [5.41, 5.74) is 4.71. The van der Waals surface area contributed by atoms with Crippen molar-refractivity contribution >= 4 is 40.4 Å². The lowest BCUT2D eigenvalue weighted by Gasteiger charge is -2.22. The Labute approximate surface area is 206 Å². The number of allylic oxidation sites excluding steroid dienone is 1. The molecule has 1 aliphatic heterocycles. The summed E-state index contributed by atoms with van der Waals surface area (Å²) in [5.74, 6) is -0.634. The zero-order valence-corrected chi connectivity index (χ0v) is 21.1. The molecule has 0 aromatic heterocycles. The van der Waals surface area contributed by atoms with E-state index < -0.39 is 5.97 Å². The zero-order valence-electron chi connectivity index (χ0n) is 21.1. The number of nitrogens with one attached hydrogen (secondary N) is 2. The average Bonchev–Trinajstić information content (AvgIpc) is 3.15. The number of nitrogens with zero attached hydrogens (tertiary/aromatic N) is 2. The van der Waals surface area contributed by atoms with Gasteiger partial charge < -0.3 is 25.2 Å². The van der Waals surface area contributed by atoms with E-state index in [0.29, 0.717) is 29.8 Å². The van der Waals surface area contributed by atoms with Gasteiger partial charge in [0.05, 0.1) is 23.4 Å². The molecule has 2 aromatic carbocycles. The molecule has 0 spiro atoms. The SMILES string of the molecule is CCOC(=O)c1ccc2c(c1)NC(=O)C2=C(CC)Nc1ccc(N(CCCN(C)C)C(C)=O)cc1. The van der Waals surface area contributed by atoms with Gasteiger partial charge in [0.1, 0.15) is 0 Å². The average molecular weight is 479 g/mol. The number of esters is 1. The quantitative estimate of drug-likeness (QED) is 0.390. The van der Waals surface area contributed by atoms with E-state index in [1.807, 2.05) is 45.3 Å². The second-order valence-corrected chi connectivity index (χ2v) is 8.64. The van der Waals surface area contributed by atoms with Gasteiger partial charge in [0.2, 0.25) is 5.91 Å². The molecule has 3 rings (SSSR count). The Kier molecular flexibility index (Phi) is 8.65. The fourth-order valence-corrected chi connectivity index (χ4v) is 4.05. The number of anilines is 3. The highest BCUT2D eigenvalue weighted by molar-refractivity contribution is 6.32. The number of benzene rings is 2. The van der Waals surface area contributed by atoms with Crippen LogP contribution >= 0.6 is 0 Å². The van der Waals surface area contributed by atoms with Crippen molar-refractivity contribution < 1.29 is 19.1 Å². The van der Waals surface area contributed by atoms with Gasteiger partial charge in [-0.3, -0.25) is 9.59 Å². The topological polar surface area (TPSA) is 91.0 Å². The van der Waals surface area contributed by atoms with Crippen LogP contribution < -0.4 is 15.5 Å². The summed E-state index contributed by atoms with van der Waals surface area (Å²) < 4.78 is 5.06. The molecule has 0 aliphatic carbocycles. The van der Waals surface area contributed by atoms with Crippen LogP contribution in [0.3, 0.4) is 0 Å². The minimum Gasteiger partial charge on any atom is -0.462 e. The van der Waals surface area contributed by atoms with Gasteiger partial charge in [-0.2, -0.15) is 0 Å². The van der Waals surface area contributed by atoms with Crippen LogP contribution in [0.2, 0.25) is 0 Å². The Morgan fingerprint density at radius 3 is 2.34 bits per heavy atom. The molecule has 0 radical (unpaired) electrons. The molecule has 1 heterocycles. The van der Waals surface area contributed by atoms with Gasteiger partial charge >= 0.3 is 5.97 Å². The summed E-state index contributed by atoms with van der Waals surface area (Å²) in [5, 5.41) is 6.23. The van der Waals surface area contributed by atoms with Crippen molar-refractivity contribution in [2.75, 3.05) is 49.3 Å². The largest absolute Gasteiger partial charge is 0.462 e. The van der Waals surface area contributed by atoms with E-state index in [0.717, 1.165) is 35.6 Å². The van der Waals surface area contributed by atoms with E-state index in [1.165, 1.54) is 0 Å². The molecule has 0 fully saturated rings. The molecule has 0 saturated carbocycles. The van der Waals surface area contributed by atoms with Crippen molar-refractivity contribution in [1.29, 1.82) is 0 Å². The van der Waals surface area contributed by atoms with Crippen LogP contribution in [0.15, 0.2) is 48.2 Å². The molecule has 35 heavy (non-hydrogen) atoms. The number of ether oxygens (including phenoxy) is 1. The maximum atomic E-state index is 12.8. The van der Waals surface area contributed by atoms with E-state index in [1.54, 1.807) is 36.9 Å².